The predicted molar refractivity (Wildman–Crippen MR) is 56.5 cm³/mol. The molecular formula is C9H10N4O4. The molecule has 3 heterocycles. The van der Waals surface area contributed by atoms with Gasteiger partial charge in [0.25, 0.3) is 5.56 Å². The summed E-state index contributed by atoms with van der Waals surface area (Å²) in [6.07, 6.45) is 0.772. The number of imidazole rings is 1. The SMILES string of the molecule is Cn1c(=O)[nH]c(=O)c2c1ncn2C1OCCO1. The second-order valence-corrected chi connectivity index (χ2v) is 3.69. The molecule has 8 nitrogen and oxygen atoms in total. The lowest BCUT2D eigenvalue weighted by Crippen LogP contribution is -2.29. The van der Waals surface area contributed by atoms with Crippen molar-refractivity contribution in [2.45, 2.75) is 6.41 Å². The van der Waals surface area contributed by atoms with Gasteiger partial charge in [0.05, 0.1) is 13.2 Å². The molecule has 0 aromatic carbocycles. The molecule has 0 spiro atoms. The third-order valence-electron chi connectivity index (χ3n) is 2.66. The van der Waals surface area contributed by atoms with E-state index in [1.807, 2.05) is 0 Å². The highest BCUT2D eigenvalue weighted by atomic mass is 16.7. The van der Waals surface area contributed by atoms with E-state index in [4.69, 9.17) is 9.47 Å². The van der Waals surface area contributed by atoms with E-state index in [1.54, 1.807) is 0 Å². The second-order valence-electron chi connectivity index (χ2n) is 3.69. The van der Waals surface area contributed by atoms with Crippen LogP contribution in [0, 0.1) is 0 Å². The number of nitrogens with one attached hydrogen (secondary N) is 1. The molecule has 1 saturated heterocycles. The summed E-state index contributed by atoms with van der Waals surface area (Å²) in [5.74, 6) is 0. The fourth-order valence-electron chi connectivity index (χ4n) is 1.82. The smallest absolute Gasteiger partial charge is 0.329 e. The van der Waals surface area contributed by atoms with Crippen LogP contribution in [0.4, 0.5) is 0 Å². The number of aromatic amines is 1. The summed E-state index contributed by atoms with van der Waals surface area (Å²) in [5, 5.41) is 0. The summed E-state index contributed by atoms with van der Waals surface area (Å²) >= 11 is 0. The van der Waals surface area contributed by atoms with Crippen molar-refractivity contribution in [2.24, 2.45) is 7.05 Å². The third-order valence-corrected chi connectivity index (χ3v) is 2.66. The van der Waals surface area contributed by atoms with Gasteiger partial charge in [-0.15, -0.1) is 0 Å². The number of nitrogens with zero attached hydrogens (tertiary/aromatic N) is 3. The molecule has 0 saturated carbocycles. The van der Waals surface area contributed by atoms with E-state index < -0.39 is 17.7 Å². The van der Waals surface area contributed by atoms with Crippen LogP contribution in [-0.2, 0) is 16.5 Å². The molecule has 1 fully saturated rings. The van der Waals surface area contributed by atoms with E-state index in [2.05, 4.69) is 9.97 Å². The fourth-order valence-corrected chi connectivity index (χ4v) is 1.82. The molecule has 0 bridgehead atoms. The van der Waals surface area contributed by atoms with E-state index in [9.17, 15) is 9.59 Å². The van der Waals surface area contributed by atoms with Crippen LogP contribution >= 0.6 is 0 Å². The second kappa shape index (κ2) is 3.54. The third kappa shape index (κ3) is 1.41. The quantitative estimate of drug-likeness (QED) is 0.682. The minimum absolute atomic E-state index is 0.263. The number of hydrogen-bond acceptors (Lipinski definition) is 5. The molecule has 17 heavy (non-hydrogen) atoms. The largest absolute Gasteiger partial charge is 0.332 e. The van der Waals surface area contributed by atoms with Gasteiger partial charge in [0.1, 0.15) is 6.33 Å². The average molecular weight is 238 g/mol. The van der Waals surface area contributed by atoms with Crippen molar-refractivity contribution < 1.29 is 9.47 Å². The molecule has 0 aliphatic carbocycles. The lowest BCUT2D eigenvalue weighted by Gasteiger charge is -2.10. The van der Waals surface area contributed by atoms with E-state index in [1.165, 1.54) is 22.5 Å². The molecule has 1 aliphatic heterocycles. The Bertz CT molecular complexity index is 676. The number of aromatic nitrogens is 4. The number of ether oxygens (including phenoxy) is 2. The molecule has 8 heteroatoms. The van der Waals surface area contributed by atoms with Gasteiger partial charge in [-0.25, -0.2) is 9.78 Å². The van der Waals surface area contributed by atoms with Crippen LogP contribution in [0.25, 0.3) is 11.2 Å². The minimum Gasteiger partial charge on any atom is -0.332 e. The molecule has 2 aromatic rings. The maximum absolute atomic E-state index is 11.7. The van der Waals surface area contributed by atoms with Gasteiger partial charge in [-0.2, -0.15) is 0 Å². The fraction of sp³-hybridized carbons (Fsp3) is 0.444. The van der Waals surface area contributed by atoms with Crippen molar-refractivity contribution in [1.82, 2.24) is 19.1 Å². The molecule has 0 radical (unpaired) electrons. The lowest BCUT2D eigenvalue weighted by molar-refractivity contribution is -0.0982. The molecule has 1 N–H and O–H groups in total. The Morgan fingerprint density at radius 3 is 2.82 bits per heavy atom. The first kappa shape index (κ1) is 10.2. The van der Waals surface area contributed by atoms with Crippen molar-refractivity contribution in [3.8, 4) is 0 Å². The van der Waals surface area contributed by atoms with Crippen molar-refractivity contribution in [2.75, 3.05) is 13.2 Å². The topological polar surface area (TPSA) is 91.1 Å². The van der Waals surface area contributed by atoms with Gasteiger partial charge in [-0.1, -0.05) is 0 Å². The molecule has 1 aliphatic rings. The zero-order valence-corrected chi connectivity index (χ0v) is 9.04. The molecule has 0 atom stereocenters. The molecule has 2 aromatic heterocycles. The summed E-state index contributed by atoms with van der Waals surface area (Å²) < 4.78 is 13.3. The van der Waals surface area contributed by atoms with Crippen molar-refractivity contribution >= 4 is 11.2 Å². The van der Waals surface area contributed by atoms with Crippen LogP contribution < -0.4 is 11.2 Å². The first-order valence-corrected chi connectivity index (χ1v) is 5.07. The van der Waals surface area contributed by atoms with Crippen LogP contribution in [-0.4, -0.2) is 32.3 Å². The predicted octanol–water partition coefficient (Wildman–Crippen LogP) is -1.07. The molecule has 3 rings (SSSR count). The van der Waals surface area contributed by atoms with Crippen molar-refractivity contribution in [1.29, 1.82) is 0 Å². The highest BCUT2D eigenvalue weighted by molar-refractivity contribution is 5.69. The van der Waals surface area contributed by atoms with E-state index >= 15 is 0 Å². The van der Waals surface area contributed by atoms with Crippen molar-refractivity contribution in [3.05, 3.63) is 27.2 Å². The maximum Gasteiger partial charge on any atom is 0.329 e. The van der Waals surface area contributed by atoms with Gasteiger partial charge < -0.3 is 9.47 Å². The van der Waals surface area contributed by atoms with Crippen LogP contribution in [0.1, 0.15) is 6.41 Å². The zero-order chi connectivity index (χ0) is 12.0. The van der Waals surface area contributed by atoms with Gasteiger partial charge in [0.15, 0.2) is 11.2 Å². The number of hydrogen-bond donors (Lipinski definition) is 1. The Morgan fingerprint density at radius 1 is 1.41 bits per heavy atom. The average Bonchev–Trinajstić information content (AvgIpc) is 2.94. The van der Waals surface area contributed by atoms with Crippen LogP contribution in [0.15, 0.2) is 15.9 Å². The number of fused-ring (bicyclic) bond motifs is 1. The zero-order valence-electron chi connectivity index (χ0n) is 9.04. The van der Waals surface area contributed by atoms with E-state index in [0.717, 1.165) is 0 Å². The highest BCUT2D eigenvalue weighted by Crippen LogP contribution is 2.19. The summed E-state index contributed by atoms with van der Waals surface area (Å²) in [6.45, 7) is 0.933. The van der Waals surface area contributed by atoms with Crippen LogP contribution in [0.5, 0.6) is 0 Å². The highest BCUT2D eigenvalue weighted by Gasteiger charge is 2.22. The molecule has 0 amide bonds. The van der Waals surface area contributed by atoms with E-state index in [-0.39, 0.29) is 5.52 Å². The number of H-pyrrole nitrogens is 1. The summed E-state index contributed by atoms with van der Waals surface area (Å²) in [4.78, 5) is 29.4. The maximum atomic E-state index is 11.7. The van der Waals surface area contributed by atoms with Crippen LogP contribution in [0.3, 0.4) is 0 Å². The molecule has 90 valence electrons. The monoisotopic (exact) mass is 238 g/mol. The normalized spacial score (nSPS) is 17.0. The Morgan fingerprint density at radius 2 is 2.12 bits per heavy atom. The van der Waals surface area contributed by atoms with Gasteiger partial charge in [0.2, 0.25) is 6.41 Å². The molecule has 0 unspecified atom stereocenters. The number of aryl methyl sites for hydroxylation is 1. The summed E-state index contributed by atoms with van der Waals surface area (Å²) in [7, 11) is 1.54. The first-order chi connectivity index (χ1) is 8.18. The Kier molecular flexibility index (Phi) is 2.13. The first-order valence-electron chi connectivity index (χ1n) is 5.07. The summed E-state index contributed by atoms with van der Waals surface area (Å²) in [6, 6.07) is 0. The van der Waals surface area contributed by atoms with Gasteiger partial charge >= 0.3 is 5.69 Å². The Hall–Kier alpha value is -1.93. The Balaban J connectivity index is 2.32. The van der Waals surface area contributed by atoms with E-state index in [0.29, 0.717) is 18.9 Å². The molecular weight excluding hydrogens is 228 g/mol. The van der Waals surface area contributed by atoms with Gasteiger partial charge in [-0.05, 0) is 0 Å². The van der Waals surface area contributed by atoms with Crippen molar-refractivity contribution in [3.63, 3.8) is 0 Å². The Labute approximate surface area is 94.4 Å². The van der Waals surface area contributed by atoms with Crippen LogP contribution in [0.2, 0.25) is 0 Å². The lowest BCUT2D eigenvalue weighted by atomic mass is 10.5. The number of rotatable bonds is 1. The minimum atomic E-state index is -0.654. The standard InChI is InChI=1S/C9H10N4O4/c1-12-6-5(7(14)11-8(12)15)13(4-10-6)9-16-2-3-17-9/h4,9H,2-3H2,1H3,(H,11,14,15). The van der Waals surface area contributed by atoms with Gasteiger partial charge in [-0.3, -0.25) is 18.9 Å². The van der Waals surface area contributed by atoms with Gasteiger partial charge in [0, 0.05) is 7.05 Å². The summed E-state index contributed by atoms with van der Waals surface area (Å²) in [5.41, 5.74) is -0.433.